The Morgan fingerprint density at radius 1 is 1.22 bits per heavy atom. The van der Waals surface area contributed by atoms with Gasteiger partial charge in [0.05, 0.1) is 28.3 Å². The number of fused-ring (bicyclic) bond motifs is 1. The van der Waals surface area contributed by atoms with Crippen LogP contribution in [-0.2, 0) is 15.6 Å². The smallest absolute Gasteiger partial charge is 0.409 e. The van der Waals surface area contributed by atoms with Crippen molar-refractivity contribution in [2.75, 3.05) is 5.32 Å². The van der Waals surface area contributed by atoms with Crippen LogP contribution in [0.15, 0.2) is 41.0 Å². The van der Waals surface area contributed by atoms with E-state index in [4.69, 9.17) is 5.11 Å². The predicted octanol–water partition coefficient (Wildman–Crippen LogP) is 2.15. The Bertz CT molecular complexity index is 934. The number of benzene rings is 1. The van der Waals surface area contributed by atoms with Gasteiger partial charge in [-0.25, -0.2) is 28.2 Å². The summed E-state index contributed by atoms with van der Waals surface area (Å²) in [4.78, 5) is 22.3. The molecule has 0 aliphatic rings. The van der Waals surface area contributed by atoms with Gasteiger partial charge < -0.3 is 5.11 Å². The first-order chi connectivity index (χ1) is 10.9. The van der Waals surface area contributed by atoms with Crippen LogP contribution < -0.4 is 5.32 Å². The summed E-state index contributed by atoms with van der Waals surface area (Å²) in [6, 6.07) is 7.15. The van der Waals surface area contributed by atoms with Crippen LogP contribution in [0.2, 0.25) is 0 Å². The summed E-state index contributed by atoms with van der Waals surface area (Å²) >= 11 is 1.09. The van der Waals surface area contributed by atoms with Crippen LogP contribution >= 0.6 is 11.3 Å². The van der Waals surface area contributed by atoms with Crippen molar-refractivity contribution >= 4 is 43.2 Å². The number of thiazole rings is 1. The van der Waals surface area contributed by atoms with Crippen molar-refractivity contribution in [3.8, 4) is 0 Å². The second-order valence-electron chi connectivity index (χ2n) is 4.52. The van der Waals surface area contributed by atoms with Crippen molar-refractivity contribution in [1.82, 2.24) is 15.0 Å². The number of nitrogens with zero attached hydrogens (tertiary/aromatic N) is 3. The minimum Gasteiger partial charge on any atom is -0.465 e. The van der Waals surface area contributed by atoms with Crippen LogP contribution in [-0.4, -0.2) is 34.6 Å². The summed E-state index contributed by atoms with van der Waals surface area (Å²) in [5, 5.41) is 10.6. The molecule has 2 heterocycles. The van der Waals surface area contributed by atoms with Gasteiger partial charge in [0.1, 0.15) is 11.6 Å². The van der Waals surface area contributed by atoms with Crippen molar-refractivity contribution in [2.45, 2.75) is 10.1 Å². The molecular weight excluding hydrogens is 340 g/mol. The van der Waals surface area contributed by atoms with Crippen LogP contribution in [0, 0.1) is 0 Å². The van der Waals surface area contributed by atoms with Gasteiger partial charge >= 0.3 is 6.09 Å². The summed E-state index contributed by atoms with van der Waals surface area (Å²) in [6.07, 6.45) is 1.18. The second-order valence-corrected chi connectivity index (χ2v) is 7.72. The highest BCUT2D eigenvalue weighted by atomic mass is 32.2. The number of hydrogen-bond donors (Lipinski definition) is 2. The number of aromatic nitrogens is 3. The van der Waals surface area contributed by atoms with Gasteiger partial charge in [0.2, 0.25) is 14.2 Å². The Morgan fingerprint density at radius 3 is 2.57 bits per heavy atom. The zero-order valence-corrected chi connectivity index (χ0v) is 13.1. The molecule has 3 rings (SSSR count). The van der Waals surface area contributed by atoms with Crippen LogP contribution in [0.3, 0.4) is 0 Å². The fourth-order valence-corrected chi connectivity index (χ4v) is 4.33. The third kappa shape index (κ3) is 3.43. The number of sulfone groups is 1. The van der Waals surface area contributed by atoms with Gasteiger partial charge in [0, 0.05) is 0 Å². The van der Waals surface area contributed by atoms with E-state index in [9.17, 15) is 13.2 Å². The highest BCUT2D eigenvalue weighted by Crippen LogP contribution is 2.26. The number of rotatable bonds is 4. The van der Waals surface area contributed by atoms with Gasteiger partial charge in [-0.2, -0.15) is 0 Å². The highest BCUT2D eigenvalue weighted by molar-refractivity contribution is 7.92. The van der Waals surface area contributed by atoms with E-state index in [1.807, 2.05) is 6.07 Å². The molecule has 2 aromatic heterocycles. The van der Waals surface area contributed by atoms with E-state index < -0.39 is 21.7 Å². The summed E-state index contributed by atoms with van der Waals surface area (Å²) < 4.78 is 25.6. The zero-order chi connectivity index (χ0) is 16.4. The van der Waals surface area contributed by atoms with E-state index >= 15 is 0 Å². The molecule has 0 spiro atoms. The molecule has 1 aromatic carbocycles. The lowest BCUT2D eigenvalue weighted by molar-refractivity contribution is 0.209. The molecule has 0 atom stereocenters. The predicted molar refractivity (Wildman–Crippen MR) is 84.2 cm³/mol. The number of para-hydroxylation sites is 1. The maximum absolute atomic E-state index is 12.4. The van der Waals surface area contributed by atoms with E-state index in [2.05, 4.69) is 20.3 Å². The maximum Gasteiger partial charge on any atom is 0.409 e. The molecule has 3 aromatic rings. The lowest BCUT2D eigenvalue weighted by Gasteiger charge is -2.02. The quantitative estimate of drug-likeness (QED) is 0.739. The molecule has 8 nitrogen and oxygen atoms in total. The van der Waals surface area contributed by atoms with E-state index in [0.717, 1.165) is 16.0 Å². The van der Waals surface area contributed by atoms with E-state index in [0.29, 0.717) is 5.52 Å². The number of carboxylic acid groups (broad SMARTS) is 1. The van der Waals surface area contributed by atoms with E-state index in [1.54, 1.807) is 18.2 Å². The molecule has 0 saturated heterocycles. The summed E-state index contributed by atoms with van der Waals surface area (Å²) in [7, 11) is -3.67. The molecule has 0 unspecified atom stereocenters. The number of nitrogens with one attached hydrogen (secondary N) is 1. The molecule has 0 radical (unpaired) electrons. The number of hydrogen-bond acceptors (Lipinski definition) is 7. The largest absolute Gasteiger partial charge is 0.465 e. The Labute approximate surface area is 134 Å². The van der Waals surface area contributed by atoms with Crippen LogP contribution in [0.1, 0.15) is 5.82 Å². The number of carbonyl (C=O) groups is 1. The fraction of sp³-hybridized carbons (Fsp3) is 0.0769. The van der Waals surface area contributed by atoms with Crippen molar-refractivity contribution in [3.05, 3.63) is 42.5 Å². The normalized spacial score (nSPS) is 11.5. The average Bonchev–Trinajstić information content (AvgIpc) is 2.93. The van der Waals surface area contributed by atoms with E-state index in [-0.39, 0.29) is 15.9 Å². The van der Waals surface area contributed by atoms with Crippen LogP contribution in [0.25, 0.3) is 10.2 Å². The minimum atomic E-state index is -3.67. The molecule has 10 heteroatoms. The Kier molecular flexibility index (Phi) is 3.92. The van der Waals surface area contributed by atoms with Crippen molar-refractivity contribution in [2.24, 2.45) is 0 Å². The summed E-state index contributed by atoms with van der Waals surface area (Å²) in [6.45, 7) is 0. The highest BCUT2D eigenvalue weighted by Gasteiger charge is 2.21. The summed E-state index contributed by atoms with van der Waals surface area (Å²) in [5.41, 5.74) is 0.789. The van der Waals surface area contributed by atoms with Crippen molar-refractivity contribution < 1.29 is 18.3 Å². The molecule has 118 valence electrons. The van der Waals surface area contributed by atoms with Gasteiger partial charge in [-0.1, -0.05) is 12.1 Å². The second kappa shape index (κ2) is 5.89. The molecular formula is C13H10N4O4S2. The molecule has 0 saturated carbocycles. The molecule has 1 amide bonds. The molecule has 0 aliphatic heterocycles. The maximum atomic E-state index is 12.4. The summed E-state index contributed by atoms with van der Waals surface area (Å²) in [5.74, 6) is -0.333. The van der Waals surface area contributed by atoms with Gasteiger partial charge in [0.15, 0.2) is 0 Å². The average molecular weight is 350 g/mol. The first kappa shape index (κ1) is 15.3. The number of anilines is 1. The SMILES string of the molecule is O=C(O)Nc1cnc(CS(=O)(=O)c2nc3ccccc3s2)nc1. The van der Waals surface area contributed by atoms with Gasteiger partial charge in [-0.05, 0) is 12.1 Å². The molecule has 23 heavy (non-hydrogen) atoms. The first-order valence-electron chi connectivity index (χ1n) is 6.33. The monoisotopic (exact) mass is 350 g/mol. The van der Waals surface area contributed by atoms with Gasteiger partial charge in [-0.15, -0.1) is 11.3 Å². The van der Waals surface area contributed by atoms with Crippen LogP contribution in [0.5, 0.6) is 0 Å². The third-order valence-corrected chi connectivity index (χ3v) is 5.92. The van der Waals surface area contributed by atoms with Gasteiger partial charge in [-0.3, -0.25) is 5.32 Å². The lowest BCUT2D eigenvalue weighted by atomic mass is 10.3. The Balaban J connectivity index is 1.84. The lowest BCUT2D eigenvalue weighted by Crippen LogP contribution is -2.10. The third-order valence-electron chi connectivity index (χ3n) is 2.82. The molecule has 0 aliphatic carbocycles. The Morgan fingerprint density at radius 2 is 1.91 bits per heavy atom. The van der Waals surface area contributed by atoms with Crippen molar-refractivity contribution in [1.29, 1.82) is 0 Å². The molecule has 2 N–H and O–H groups in total. The Hall–Kier alpha value is -2.59. The fourth-order valence-electron chi connectivity index (χ4n) is 1.83. The molecule has 0 bridgehead atoms. The van der Waals surface area contributed by atoms with Crippen molar-refractivity contribution in [3.63, 3.8) is 0 Å². The van der Waals surface area contributed by atoms with E-state index in [1.165, 1.54) is 12.4 Å². The minimum absolute atomic E-state index is 0.00929. The molecule has 0 fully saturated rings. The first-order valence-corrected chi connectivity index (χ1v) is 8.80. The topological polar surface area (TPSA) is 122 Å². The standard InChI is InChI=1S/C13H10N4O4S2/c18-12(19)16-8-5-14-11(15-6-8)7-23(20,21)13-17-9-3-1-2-4-10(9)22-13/h1-6,16H,7H2,(H,18,19). The zero-order valence-electron chi connectivity index (χ0n) is 11.5. The van der Waals surface area contributed by atoms with Crippen LogP contribution in [0.4, 0.5) is 10.5 Å². The van der Waals surface area contributed by atoms with Gasteiger partial charge in [0.25, 0.3) is 0 Å². The number of amides is 1.